The molecule has 1 aliphatic heterocycles. The fourth-order valence-electron chi connectivity index (χ4n) is 2.82. The van der Waals surface area contributed by atoms with E-state index in [9.17, 15) is 19.2 Å². The van der Waals surface area contributed by atoms with Crippen molar-refractivity contribution >= 4 is 45.9 Å². The Morgan fingerprint density at radius 1 is 0.833 bits per heavy atom. The van der Waals surface area contributed by atoms with E-state index < -0.39 is 17.9 Å². The molecule has 0 aromatic heterocycles. The second-order valence-corrected chi connectivity index (χ2v) is 5.34. The molecule has 116 valence electrons. The Labute approximate surface area is 134 Å². The van der Waals surface area contributed by atoms with E-state index in [4.69, 9.17) is 0 Å². The molecule has 3 aromatic rings. The minimum Gasteiger partial charge on any atom is -0.392 e. The molecular formula is C18H8O6. The lowest BCUT2D eigenvalue weighted by molar-refractivity contribution is -0.123. The van der Waals surface area contributed by atoms with Crippen molar-refractivity contribution in [3.63, 3.8) is 0 Å². The Morgan fingerprint density at radius 3 is 2.04 bits per heavy atom. The second kappa shape index (κ2) is 4.99. The van der Waals surface area contributed by atoms with E-state index in [1.165, 1.54) is 0 Å². The monoisotopic (exact) mass is 320 g/mol. The first-order valence-corrected chi connectivity index (χ1v) is 6.99. The van der Waals surface area contributed by atoms with Gasteiger partial charge in [-0.05, 0) is 57.9 Å². The highest BCUT2D eigenvalue weighted by Gasteiger charge is 2.29. The highest BCUT2D eigenvalue weighted by Crippen LogP contribution is 2.29. The van der Waals surface area contributed by atoms with Gasteiger partial charge in [0.05, 0.1) is 16.7 Å². The Balaban J connectivity index is 1.93. The van der Waals surface area contributed by atoms with Crippen LogP contribution in [0.4, 0.5) is 0 Å². The Hall–Kier alpha value is -3.54. The van der Waals surface area contributed by atoms with E-state index in [-0.39, 0.29) is 23.2 Å². The lowest BCUT2D eigenvalue weighted by Gasteiger charge is -2.05. The molecule has 0 spiro atoms. The van der Waals surface area contributed by atoms with Crippen LogP contribution < -0.4 is 0 Å². The van der Waals surface area contributed by atoms with Gasteiger partial charge in [0.1, 0.15) is 0 Å². The molecule has 0 saturated heterocycles. The summed E-state index contributed by atoms with van der Waals surface area (Å²) in [6.45, 7) is 0.0822. The third-order valence-electron chi connectivity index (χ3n) is 3.95. The van der Waals surface area contributed by atoms with Crippen molar-refractivity contribution in [1.29, 1.82) is 0 Å². The van der Waals surface area contributed by atoms with Crippen LogP contribution in [0.25, 0.3) is 21.5 Å². The fourth-order valence-corrected chi connectivity index (χ4v) is 2.82. The minimum absolute atomic E-state index is 0.0822. The normalized spacial score (nSPS) is 13.0. The number of cyclic esters (lactones) is 2. The molecule has 0 atom stereocenters. The van der Waals surface area contributed by atoms with Gasteiger partial charge in [0.2, 0.25) is 0 Å². The summed E-state index contributed by atoms with van der Waals surface area (Å²) < 4.78 is 8.94. The molecule has 4 rings (SSSR count). The number of hydrogen-bond acceptors (Lipinski definition) is 6. The predicted octanol–water partition coefficient (Wildman–Crippen LogP) is 2.62. The summed E-state index contributed by atoms with van der Waals surface area (Å²) in [5, 5.41) is 3.08. The van der Waals surface area contributed by atoms with Crippen LogP contribution in [-0.2, 0) is 14.3 Å². The largest absolute Gasteiger partial charge is 0.392 e. The molecule has 0 saturated carbocycles. The molecule has 0 bridgehead atoms. The van der Waals surface area contributed by atoms with Crippen molar-refractivity contribution in [2.45, 2.75) is 0 Å². The Morgan fingerprint density at radius 2 is 1.42 bits per heavy atom. The van der Waals surface area contributed by atoms with Crippen molar-refractivity contribution in [2.75, 3.05) is 0 Å². The summed E-state index contributed by atoms with van der Waals surface area (Å²) in [5.41, 5.74) is 0.714. The van der Waals surface area contributed by atoms with Crippen LogP contribution in [0.1, 0.15) is 31.1 Å². The van der Waals surface area contributed by atoms with Gasteiger partial charge < -0.3 is 9.47 Å². The molecule has 1 heterocycles. The maximum Gasteiger partial charge on any atom is 0.346 e. The van der Waals surface area contributed by atoms with Crippen molar-refractivity contribution in [3.05, 3.63) is 59.2 Å². The molecular weight excluding hydrogens is 312 g/mol. The molecule has 0 fully saturated rings. The van der Waals surface area contributed by atoms with E-state index in [0.717, 1.165) is 21.5 Å². The van der Waals surface area contributed by atoms with E-state index >= 15 is 0 Å². The van der Waals surface area contributed by atoms with Gasteiger partial charge in [0, 0.05) is 0 Å². The summed E-state index contributed by atoms with van der Waals surface area (Å²) in [5.74, 6) is -2.06. The average Bonchev–Trinajstić information content (AvgIpc) is 2.84. The summed E-state index contributed by atoms with van der Waals surface area (Å²) in [7, 11) is 0. The number of carbonyl (C=O) groups excluding carboxylic acids is 4. The fraction of sp³-hybridized carbons (Fsp3) is 0. The number of hydrogen-bond donors (Lipinski definition) is 0. The molecule has 0 aliphatic carbocycles. The Kier molecular flexibility index (Phi) is 2.93. The van der Waals surface area contributed by atoms with Crippen LogP contribution >= 0.6 is 0 Å². The summed E-state index contributed by atoms with van der Waals surface area (Å²) in [6.07, 6.45) is 0. The topological polar surface area (TPSA) is 86.7 Å². The smallest absolute Gasteiger partial charge is 0.346 e. The molecule has 0 N–H and O–H groups in total. The standard InChI is InChI=1S/C18H8O6/c19-8-23-16(20)10-2-1-9-3-12-6-14-15(18(22)24-17(14)21)7-13(12)5-11(9)4-10/h1-8H. The molecule has 24 heavy (non-hydrogen) atoms. The van der Waals surface area contributed by atoms with E-state index in [0.29, 0.717) is 0 Å². The number of fused-ring (bicyclic) bond motifs is 3. The van der Waals surface area contributed by atoms with E-state index in [1.54, 1.807) is 36.4 Å². The molecule has 0 radical (unpaired) electrons. The number of rotatable bonds is 2. The maximum absolute atomic E-state index is 11.7. The van der Waals surface area contributed by atoms with Crippen LogP contribution in [0.3, 0.4) is 0 Å². The van der Waals surface area contributed by atoms with E-state index in [2.05, 4.69) is 9.47 Å². The van der Waals surface area contributed by atoms with Gasteiger partial charge in [-0.15, -0.1) is 0 Å². The zero-order chi connectivity index (χ0) is 16.8. The Bertz CT molecular complexity index is 1080. The molecule has 0 unspecified atom stereocenters. The van der Waals surface area contributed by atoms with Gasteiger partial charge in [0.15, 0.2) is 0 Å². The van der Waals surface area contributed by atoms with Crippen LogP contribution in [0, 0.1) is 0 Å². The predicted molar refractivity (Wildman–Crippen MR) is 82.7 cm³/mol. The third kappa shape index (κ3) is 2.04. The van der Waals surface area contributed by atoms with Crippen molar-refractivity contribution < 1.29 is 28.7 Å². The minimum atomic E-state index is -0.741. The van der Waals surface area contributed by atoms with Gasteiger partial charge in [-0.2, -0.15) is 0 Å². The lowest BCUT2D eigenvalue weighted by atomic mass is 9.98. The summed E-state index contributed by atoms with van der Waals surface area (Å²) in [6, 6.07) is 11.7. The highest BCUT2D eigenvalue weighted by atomic mass is 16.6. The van der Waals surface area contributed by atoms with Gasteiger partial charge >= 0.3 is 24.4 Å². The first-order valence-electron chi connectivity index (χ1n) is 6.99. The maximum atomic E-state index is 11.7. The zero-order valence-electron chi connectivity index (χ0n) is 12.1. The van der Waals surface area contributed by atoms with Crippen LogP contribution in [-0.4, -0.2) is 24.4 Å². The first kappa shape index (κ1) is 14.1. The molecule has 0 amide bonds. The highest BCUT2D eigenvalue weighted by molar-refractivity contribution is 6.17. The van der Waals surface area contributed by atoms with Crippen LogP contribution in [0.2, 0.25) is 0 Å². The second-order valence-electron chi connectivity index (χ2n) is 5.34. The molecule has 6 heteroatoms. The van der Waals surface area contributed by atoms with Crippen molar-refractivity contribution in [1.82, 2.24) is 0 Å². The van der Waals surface area contributed by atoms with Crippen LogP contribution in [0.5, 0.6) is 0 Å². The molecule has 1 aliphatic rings. The van der Waals surface area contributed by atoms with Crippen molar-refractivity contribution in [2.24, 2.45) is 0 Å². The van der Waals surface area contributed by atoms with Crippen molar-refractivity contribution in [3.8, 4) is 0 Å². The number of benzene rings is 3. The average molecular weight is 320 g/mol. The quantitative estimate of drug-likeness (QED) is 0.312. The van der Waals surface area contributed by atoms with Gasteiger partial charge in [-0.3, -0.25) is 4.79 Å². The van der Waals surface area contributed by atoms with Gasteiger partial charge in [-0.25, -0.2) is 14.4 Å². The molecule has 3 aromatic carbocycles. The summed E-state index contributed by atoms with van der Waals surface area (Å²) in [4.78, 5) is 45.2. The van der Waals surface area contributed by atoms with Gasteiger partial charge in [-0.1, -0.05) is 6.07 Å². The third-order valence-corrected chi connectivity index (χ3v) is 3.95. The van der Waals surface area contributed by atoms with Gasteiger partial charge in [0.25, 0.3) is 0 Å². The van der Waals surface area contributed by atoms with Crippen LogP contribution in [0.15, 0.2) is 42.5 Å². The lowest BCUT2D eigenvalue weighted by Crippen LogP contribution is -2.02. The first-order chi connectivity index (χ1) is 11.6. The summed E-state index contributed by atoms with van der Waals surface area (Å²) >= 11 is 0. The number of esters is 3. The number of carbonyl (C=O) groups is 4. The number of ether oxygens (including phenoxy) is 2. The molecule has 6 nitrogen and oxygen atoms in total. The SMILES string of the molecule is O=COC(=O)c1ccc2cc3cc4c(cc3cc2c1)C(=O)OC4=O. The van der Waals surface area contributed by atoms with E-state index in [1.807, 2.05) is 6.07 Å². The zero-order valence-corrected chi connectivity index (χ0v) is 12.1.